The Kier molecular flexibility index (Phi) is 3.84. The number of halogens is 1. The molecule has 1 aromatic carbocycles. The maximum atomic E-state index is 13.5. The zero-order valence-corrected chi connectivity index (χ0v) is 11.1. The van der Waals surface area contributed by atoms with E-state index in [-0.39, 0.29) is 19.0 Å². The summed E-state index contributed by atoms with van der Waals surface area (Å²) in [7, 11) is 0. The van der Waals surface area contributed by atoms with Gasteiger partial charge in [0.05, 0.1) is 23.6 Å². The van der Waals surface area contributed by atoms with Crippen LogP contribution in [0.2, 0.25) is 0 Å². The first-order valence-electron chi connectivity index (χ1n) is 5.71. The number of carbonyl (C=O) groups is 1. The van der Waals surface area contributed by atoms with Gasteiger partial charge < -0.3 is 15.5 Å². The lowest BCUT2D eigenvalue weighted by atomic mass is 10.1. The predicted molar refractivity (Wildman–Crippen MR) is 71.8 cm³/mol. The van der Waals surface area contributed by atoms with Crippen molar-refractivity contribution in [2.24, 2.45) is 0 Å². The summed E-state index contributed by atoms with van der Waals surface area (Å²) in [5.74, 6) is -0.814. The topological polar surface area (TPSA) is 69.6 Å². The molecule has 1 amide bonds. The number of hydrogen-bond acceptors (Lipinski definition) is 4. The molecular formula is C13H14FNO3S. The van der Waals surface area contributed by atoms with E-state index in [4.69, 9.17) is 10.2 Å². The van der Waals surface area contributed by atoms with E-state index in [1.165, 1.54) is 30.4 Å². The Bertz CT molecular complexity index is 607. The normalized spacial score (nSPS) is 11.8. The number of rotatable bonds is 4. The number of hydrogen-bond donors (Lipinski definition) is 3. The molecule has 1 aromatic heterocycles. The van der Waals surface area contributed by atoms with E-state index in [0.717, 1.165) is 0 Å². The van der Waals surface area contributed by atoms with Crippen LogP contribution in [0.1, 0.15) is 16.6 Å². The number of aliphatic hydroxyl groups excluding tert-OH is 2. The second-order valence-electron chi connectivity index (χ2n) is 4.59. The van der Waals surface area contributed by atoms with Crippen molar-refractivity contribution in [2.45, 2.75) is 12.5 Å². The number of nitrogens with one attached hydrogen (secondary N) is 1. The fourth-order valence-corrected chi connectivity index (χ4v) is 2.57. The van der Waals surface area contributed by atoms with Crippen LogP contribution in [0.3, 0.4) is 0 Å². The maximum absolute atomic E-state index is 13.5. The zero-order valence-electron chi connectivity index (χ0n) is 10.3. The van der Waals surface area contributed by atoms with Crippen molar-refractivity contribution >= 4 is 27.3 Å². The molecule has 0 saturated carbocycles. The largest absolute Gasteiger partial charge is 0.394 e. The van der Waals surface area contributed by atoms with Crippen molar-refractivity contribution < 1.29 is 19.4 Å². The summed E-state index contributed by atoms with van der Waals surface area (Å²) in [6, 6.07) is 6.13. The molecular weight excluding hydrogens is 269 g/mol. The van der Waals surface area contributed by atoms with E-state index in [0.29, 0.717) is 15.0 Å². The van der Waals surface area contributed by atoms with Gasteiger partial charge in [-0.2, -0.15) is 0 Å². The number of carbonyl (C=O) groups excluding carboxylic acids is 1. The highest BCUT2D eigenvalue weighted by Crippen LogP contribution is 2.27. The highest BCUT2D eigenvalue weighted by atomic mass is 32.1. The Labute approximate surface area is 113 Å². The van der Waals surface area contributed by atoms with Crippen LogP contribution in [0.15, 0.2) is 24.3 Å². The molecule has 0 bridgehead atoms. The van der Waals surface area contributed by atoms with Gasteiger partial charge in [-0.15, -0.1) is 11.3 Å². The zero-order chi connectivity index (χ0) is 14.0. The molecule has 1 heterocycles. The lowest BCUT2D eigenvalue weighted by molar-refractivity contribution is 0.0727. The lowest BCUT2D eigenvalue weighted by Crippen LogP contribution is -2.51. The van der Waals surface area contributed by atoms with Gasteiger partial charge in [-0.1, -0.05) is 6.07 Å². The van der Waals surface area contributed by atoms with Crippen LogP contribution in [-0.4, -0.2) is 34.9 Å². The van der Waals surface area contributed by atoms with Crippen molar-refractivity contribution in [1.29, 1.82) is 0 Å². The SMILES string of the molecule is CC(CO)(CO)NC(=O)c1cc2c(F)cccc2s1. The Balaban J connectivity index is 2.30. The van der Waals surface area contributed by atoms with Gasteiger partial charge in [0.25, 0.3) is 5.91 Å². The van der Waals surface area contributed by atoms with Crippen molar-refractivity contribution in [3.05, 3.63) is 35.0 Å². The summed E-state index contributed by atoms with van der Waals surface area (Å²) in [6.07, 6.45) is 0. The van der Waals surface area contributed by atoms with Crippen LogP contribution in [0.4, 0.5) is 4.39 Å². The van der Waals surface area contributed by atoms with Crippen molar-refractivity contribution in [3.63, 3.8) is 0 Å². The fraction of sp³-hybridized carbons (Fsp3) is 0.308. The molecule has 3 N–H and O–H groups in total. The van der Waals surface area contributed by atoms with Crippen LogP contribution >= 0.6 is 11.3 Å². The lowest BCUT2D eigenvalue weighted by Gasteiger charge is -2.25. The van der Waals surface area contributed by atoms with E-state index in [1.54, 1.807) is 12.1 Å². The van der Waals surface area contributed by atoms with Gasteiger partial charge in [0.2, 0.25) is 0 Å². The molecule has 0 saturated heterocycles. The number of aliphatic hydroxyl groups is 2. The average Bonchev–Trinajstić information content (AvgIpc) is 2.84. The summed E-state index contributed by atoms with van der Waals surface area (Å²) in [4.78, 5) is 12.4. The Morgan fingerprint density at radius 2 is 2.11 bits per heavy atom. The predicted octanol–water partition coefficient (Wildman–Crippen LogP) is 1.51. The smallest absolute Gasteiger partial charge is 0.261 e. The average molecular weight is 283 g/mol. The molecule has 2 aromatic rings. The van der Waals surface area contributed by atoms with E-state index in [1.807, 2.05) is 0 Å². The number of amides is 1. The first-order chi connectivity index (χ1) is 8.99. The third-order valence-corrected chi connectivity index (χ3v) is 3.94. The van der Waals surface area contributed by atoms with E-state index in [2.05, 4.69) is 5.32 Å². The minimum atomic E-state index is -1.09. The molecule has 0 radical (unpaired) electrons. The second-order valence-corrected chi connectivity index (χ2v) is 5.68. The summed E-state index contributed by atoms with van der Waals surface area (Å²) in [5, 5.41) is 21.2. The summed E-state index contributed by atoms with van der Waals surface area (Å²) < 4.78 is 14.2. The third-order valence-electron chi connectivity index (χ3n) is 2.85. The van der Waals surface area contributed by atoms with E-state index >= 15 is 0 Å². The quantitative estimate of drug-likeness (QED) is 0.796. The van der Waals surface area contributed by atoms with Gasteiger partial charge in [0.15, 0.2) is 0 Å². The Morgan fingerprint density at radius 1 is 1.42 bits per heavy atom. The Morgan fingerprint density at radius 3 is 2.68 bits per heavy atom. The number of thiophene rings is 1. The van der Waals surface area contributed by atoms with Gasteiger partial charge in [0.1, 0.15) is 5.82 Å². The van der Waals surface area contributed by atoms with Gasteiger partial charge in [0, 0.05) is 10.1 Å². The number of benzene rings is 1. The van der Waals surface area contributed by atoms with Crippen LogP contribution in [0.25, 0.3) is 10.1 Å². The summed E-state index contributed by atoms with van der Waals surface area (Å²) >= 11 is 1.17. The molecule has 0 fully saturated rings. The summed E-state index contributed by atoms with van der Waals surface area (Å²) in [6.45, 7) is 0.766. The minimum Gasteiger partial charge on any atom is -0.394 e. The highest BCUT2D eigenvalue weighted by Gasteiger charge is 2.26. The molecule has 4 nitrogen and oxygen atoms in total. The Hall–Kier alpha value is -1.50. The van der Waals surface area contributed by atoms with Gasteiger partial charge in [-0.25, -0.2) is 4.39 Å². The molecule has 19 heavy (non-hydrogen) atoms. The standard InChI is InChI=1S/C13H14FNO3S/c1-13(6-16,7-17)15-12(18)11-5-8-9(14)3-2-4-10(8)19-11/h2-5,16-17H,6-7H2,1H3,(H,15,18). The van der Waals surface area contributed by atoms with Crippen molar-refractivity contribution in [1.82, 2.24) is 5.32 Å². The highest BCUT2D eigenvalue weighted by molar-refractivity contribution is 7.20. The second kappa shape index (κ2) is 5.24. The fourth-order valence-electron chi connectivity index (χ4n) is 1.60. The molecule has 0 unspecified atom stereocenters. The molecule has 102 valence electrons. The maximum Gasteiger partial charge on any atom is 0.261 e. The number of fused-ring (bicyclic) bond motifs is 1. The molecule has 6 heteroatoms. The molecule has 0 spiro atoms. The van der Waals surface area contributed by atoms with E-state index < -0.39 is 11.4 Å². The minimum absolute atomic E-state index is 0.341. The third kappa shape index (κ3) is 2.75. The van der Waals surface area contributed by atoms with Crippen molar-refractivity contribution in [2.75, 3.05) is 13.2 Å². The molecule has 2 rings (SSSR count). The molecule has 0 aliphatic carbocycles. The van der Waals surface area contributed by atoms with E-state index in [9.17, 15) is 9.18 Å². The van der Waals surface area contributed by atoms with Crippen molar-refractivity contribution in [3.8, 4) is 0 Å². The molecule has 0 aliphatic heterocycles. The van der Waals surface area contributed by atoms with Crippen LogP contribution < -0.4 is 5.32 Å². The monoisotopic (exact) mass is 283 g/mol. The van der Waals surface area contributed by atoms with Gasteiger partial charge >= 0.3 is 0 Å². The molecule has 0 aliphatic rings. The first kappa shape index (κ1) is 13.9. The molecule has 0 atom stereocenters. The van der Waals surface area contributed by atoms with Crippen LogP contribution in [0.5, 0.6) is 0 Å². The van der Waals surface area contributed by atoms with Crippen LogP contribution in [-0.2, 0) is 0 Å². The first-order valence-corrected chi connectivity index (χ1v) is 6.53. The van der Waals surface area contributed by atoms with Gasteiger partial charge in [-0.05, 0) is 25.1 Å². The summed E-state index contributed by atoms with van der Waals surface area (Å²) in [5.41, 5.74) is -1.09. The van der Waals surface area contributed by atoms with Gasteiger partial charge in [-0.3, -0.25) is 4.79 Å². The van der Waals surface area contributed by atoms with Crippen LogP contribution in [0, 0.1) is 5.82 Å².